The predicted molar refractivity (Wildman–Crippen MR) is 148 cm³/mol. The van der Waals surface area contributed by atoms with E-state index in [-0.39, 0.29) is 5.91 Å². The molecule has 1 fully saturated rings. The summed E-state index contributed by atoms with van der Waals surface area (Å²) in [6.45, 7) is 0.435. The molecule has 174 valence electrons. The van der Waals surface area contributed by atoms with E-state index in [1.54, 1.807) is 53.4 Å². The predicted octanol–water partition coefficient (Wildman–Crippen LogP) is 7.83. The second-order valence-electron chi connectivity index (χ2n) is 7.60. The van der Waals surface area contributed by atoms with Crippen LogP contribution in [0.1, 0.15) is 20.8 Å². The topological polar surface area (TPSA) is 46.6 Å². The minimum absolute atomic E-state index is 0.126. The molecule has 0 saturated carbocycles. The Morgan fingerprint density at radius 3 is 2.51 bits per heavy atom. The van der Waals surface area contributed by atoms with Crippen LogP contribution in [0, 0.1) is 0 Å². The van der Waals surface area contributed by atoms with E-state index in [4.69, 9.17) is 40.2 Å². The molecular weight excluding hydrogens is 541 g/mol. The Bertz CT molecular complexity index is 1500. The molecule has 0 N–H and O–H groups in total. The number of thioether (sulfide) groups is 1. The third-order valence-electron chi connectivity index (χ3n) is 5.22. The number of rotatable bonds is 5. The second kappa shape index (κ2) is 10.1. The number of hydrogen-bond acceptors (Lipinski definition) is 6. The van der Waals surface area contributed by atoms with Gasteiger partial charge in [-0.2, -0.15) is 0 Å². The molecule has 35 heavy (non-hydrogen) atoms. The van der Waals surface area contributed by atoms with Gasteiger partial charge in [0, 0.05) is 15.1 Å². The molecular formula is C26H15Cl2NO3S3. The molecule has 0 aliphatic carbocycles. The van der Waals surface area contributed by atoms with Crippen molar-refractivity contribution in [1.82, 2.24) is 4.90 Å². The molecule has 0 radical (unpaired) electrons. The Balaban J connectivity index is 1.28. The van der Waals surface area contributed by atoms with Crippen LogP contribution in [0.25, 0.3) is 16.2 Å². The number of benzene rings is 3. The van der Waals surface area contributed by atoms with Crippen LogP contribution in [0.4, 0.5) is 0 Å². The van der Waals surface area contributed by atoms with Crippen molar-refractivity contribution >= 4 is 90.9 Å². The van der Waals surface area contributed by atoms with Crippen LogP contribution >= 0.6 is 58.5 Å². The molecule has 1 aromatic heterocycles. The highest BCUT2D eigenvalue weighted by atomic mass is 35.5. The summed E-state index contributed by atoms with van der Waals surface area (Å²) in [5.74, 6) is -0.295. The Morgan fingerprint density at radius 1 is 1.03 bits per heavy atom. The Morgan fingerprint density at radius 2 is 1.77 bits per heavy atom. The fraction of sp³-hybridized carbons (Fsp3) is 0.0385. The van der Waals surface area contributed by atoms with Gasteiger partial charge in [0.15, 0.2) is 0 Å². The summed E-state index contributed by atoms with van der Waals surface area (Å²) in [6, 6.07) is 21.9. The zero-order valence-electron chi connectivity index (χ0n) is 17.9. The van der Waals surface area contributed by atoms with E-state index in [1.807, 2.05) is 30.3 Å². The van der Waals surface area contributed by atoms with Crippen molar-refractivity contribution in [2.24, 2.45) is 0 Å². The minimum atomic E-state index is -0.540. The summed E-state index contributed by atoms with van der Waals surface area (Å²) in [4.78, 5) is 28.0. The van der Waals surface area contributed by atoms with E-state index in [9.17, 15) is 9.59 Å². The number of fused-ring (bicyclic) bond motifs is 1. The van der Waals surface area contributed by atoms with Gasteiger partial charge in [0.05, 0.1) is 16.5 Å². The fourth-order valence-electron chi connectivity index (χ4n) is 3.51. The molecule has 1 saturated heterocycles. The fourth-order valence-corrected chi connectivity index (χ4v) is 6.43. The molecule has 0 atom stereocenters. The molecule has 1 aliphatic rings. The summed E-state index contributed by atoms with van der Waals surface area (Å²) in [7, 11) is 0. The molecule has 1 aliphatic heterocycles. The average Bonchev–Trinajstić information content (AvgIpc) is 3.31. The lowest BCUT2D eigenvalue weighted by atomic mass is 10.2. The van der Waals surface area contributed by atoms with E-state index in [1.165, 1.54) is 23.1 Å². The molecule has 1 amide bonds. The van der Waals surface area contributed by atoms with E-state index >= 15 is 0 Å². The maximum atomic E-state index is 12.9. The summed E-state index contributed by atoms with van der Waals surface area (Å²) in [5.41, 5.74) is 1.80. The third kappa shape index (κ3) is 5.15. The first-order valence-corrected chi connectivity index (χ1v) is 13.2. The van der Waals surface area contributed by atoms with E-state index in [0.717, 1.165) is 21.2 Å². The lowest BCUT2D eigenvalue weighted by Crippen LogP contribution is -2.27. The van der Waals surface area contributed by atoms with Crippen LogP contribution in [0.3, 0.4) is 0 Å². The first-order chi connectivity index (χ1) is 16.9. The molecule has 3 aromatic carbocycles. The van der Waals surface area contributed by atoms with Crippen molar-refractivity contribution in [2.45, 2.75) is 6.54 Å². The molecule has 0 spiro atoms. The van der Waals surface area contributed by atoms with Crippen molar-refractivity contribution < 1.29 is 14.3 Å². The lowest BCUT2D eigenvalue weighted by Gasteiger charge is -2.14. The zero-order chi connectivity index (χ0) is 24.5. The smallest absolute Gasteiger partial charge is 0.355 e. The molecule has 4 nitrogen and oxygen atoms in total. The van der Waals surface area contributed by atoms with Crippen molar-refractivity contribution in [2.75, 3.05) is 0 Å². The van der Waals surface area contributed by atoms with Crippen molar-refractivity contribution in [1.29, 1.82) is 0 Å². The first kappa shape index (κ1) is 24.0. The maximum absolute atomic E-state index is 12.9. The lowest BCUT2D eigenvalue weighted by molar-refractivity contribution is -0.122. The van der Waals surface area contributed by atoms with Gasteiger partial charge in [0.1, 0.15) is 14.9 Å². The monoisotopic (exact) mass is 555 g/mol. The SMILES string of the molecule is O=C(Oc1ccc(C=C2SC(=S)N(Cc3ccccc3)C2=O)cc1)c1sc2cc(Cl)ccc2c1Cl. The molecule has 5 rings (SSSR count). The highest BCUT2D eigenvalue weighted by molar-refractivity contribution is 8.26. The van der Waals surface area contributed by atoms with Gasteiger partial charge in [-0.15, -0.1) is 11.3 Å². The Kier molecular flexibility index (Phi) is 6.95. The van der Waals surface area contributed by atoms with Gasteiger partial charge in [0.25, 0.3) is 5.91 Å². The number of carbonyl (C=O) groups excluding carboxylic acids is 2. The van der Waals surface area contributed by atoms with Gasteiger partial charge in [-0.05, 0) is 41.5 Å². The number of amides is 1. The van der Waals surface area contributed by atoms with Gasteiger partial charge in [0.2, 0.25) is 0 Å². The molecule has 2 heterocycles. The van der Waals surface area contributed by atoms with E-state index < -0.39 is 5.97 Å². The van der Waals surface area contributed by atoms with Crippen LogP contribution in [-0.2, 0) is 11.3 Å². The number of nitrogens with zero attached hydrogens (tertiary/aromatic N) is 1. The minimum Gasteiger partial charge on any atom is -0.422 e. The molecule has 4 aromatic rings. The third-order valence-corrected chi connectivity index (χ3v) is 8.47. The van der Waals surface area contributed by atoms with Crippen molar-refractivity contribution in [3.63, 3.8) is 0 Å². The van der Waals surface area contributed by atoms with Gasteiger partial charge >= 0.3 is 5.97 Å². The quantitative estimate of drug-likeness (QED) is 0.109. The number of thiophene rings is 1. The van der Waals surface area contributed by atoms with Gasteiger partial charge in [-0.25, -0.2) is 4.79 Å². The number of thiocarbonyl (C=S) groups is 1. The van der Waals surface area contributed by atoms with Gasteiger partial charge in [-0.3, -0.25) is 9.69 Å². The Labute approximate surface area is 225 Å². The summed E-state index contributed by atoms with van der Waals surface area (Å²) >= 11 is 20.4. The summed E-state index contributed by atoms with van der Waals surface area (Å²) in [6.07, 6.45) is 1.78. The van der Waals surface area contributed by atoms with E-state index in [0.29, 0.717) is 36.4 Å². The largest absolute Gasteiger partial charge is 0.422 e. The number of hydrogen-bond donors (Lipinski definition) is 0. The summed E-state index contributed by atoms with van der Waals surface area (Å²) < 4.78 is 6.86. The highest BCUT2D eigenvalue weighted by Gasteiger charge is 2.32. The van der Waals surface area contributed by atoms with Crippen molar-refractivity contribution in [3.05, 3.63) is 104 Å². The standard InChI is InChI=1S/C26H15Cl2NO3S3/c27-17-8-11-19-20(13-17)34-23(22(19)28)25(31)32-18-9-6-15(7-10-18)12-21-24(30)29(26(33)35-21)14-16-4-2-1-3-5-16/h1-13H,14H2. The number of halogens is 2. The molecule has 0 bridgehead atoms. The Hall–Kier alpha value is -2.68. The average molecular weight is 557 g/mol. The van der Waals surface area contributed by atoms with Gasteiger partial charge < -0.3 is 4.74 Å². The van der Waals surface area contributed by atoms with Crippen LogP contribution in [-0.4, -0.2) is 21.1 Å². The van der Waals surface area contributed by atoms with Crippen LogP contribution in [0.15, 0.2) is 77.7 Å². The van der Waals surface area contributed by atoms with E-state index in [2.05, 4.69) is 0 Å². The second-order valence-corrected chi connectivity index (χ2v) is 11.1. The highest BCUT2D eigenvalue weighted by Crippen LogP contribution is 2.37. The van der Waals surface area contributed by atoms with Gasteiger partial charge in [-0.1, -0.05) is 95.7 Å². The van der Waals surface area contributed by atoms with Crippen molar-refractivity contribution in [3.8, 4) is 5.75 Å². The maximum Gasteiger partial charge on any atom is 0.355 e. The zero-order valence-corrected chi connectivity index (χ0v) is 21.8. The van der Waals surface area contributed by atoms with Crippen LogP contribution in [0.5, 0.6) is 5.75 Å². The van der Waals surface area contributed by atoms with Crippen LogP contribution < -0.4 is 4.74 Å². The number of ether oxygens (including phenoxy) is 1. The number of esters is 1. The molecule has 9 heteroatoms. The first-order valence-electron chi connectivity index (χ1n) is 10.4. The summed E-state index contributed by atoms with van der Waals surface area (Å²) in [5, 5.41) is 1.68. The normalized spacial score (nSPS) is 14.8. The number of carbonyl (C=O) groups is 2. The molecule has 0 unspecified atom stereocenters. The van der Waals surface area contributed by atoms with Crippen LogP contribution in [0.2, 0.25) is 10.0 Å².